The maximum absolute atomic E-state index is 13.2. The van der Waals surface area contributed by atoms with Crippen molar-refractivity contribution in [2.45, 2.75) is 38.5 Å². The van der Waals surface area contributed by atoms with Crippen LogP contribution in [-0.4, -0.2) is 30.3 Å². The van der Waals surface area contributed by atoms with Gasteiger partial charge in [0.2, 0.25) is 17.6 Å². The fourth-order valence-corrected chi connectivity index (χ4v) is 2.90. The summed E-state index contributed by atoms with van der Waals surface area (Å²) < 4.78 is 55.8. The highest BCUT2D eigenvalue weighted by Gasteiger charge is 2.39. The van der Waals surface area contributed by atoms with Crippen molar-refractivity contribution in [3.63, 3.8) is 0 Å². The summed E-state index contributed by atoms with van der Waals surface area (Å²) in [5.74, 6) is -5.51. The molecule has 1 atom stereocenters. The number of halogens is 4. The Labute approximate surface area is 178 Å². The maximum atomic E-state index is 13.2. The molecule has 1 aliphatic rings. The summed E-state index contributed by atoms with van der Waals surface area (Å²) in [6, 6.07) is 7.16. The second-order valence-corrected chi connectivity index (χ2v) is 6.75. The zero-order chi connectivity index (χ0) is 23.4. The van der Waals surface area contributed by atoms with Gasteiger partial charge in [0.25, 0.3) is 0 Å². The first kappa shape index (κ1) is 25.9. The molecule has 4 N–H and O–H groups in total. The molecule has 3 rings (SSSR count). The Morgan fingerprint density at radius 3 is 2.58 bits per heavy atom. The van der Waals surface area contributed by atoms with Crippen LogP contribution < -0.4 is 15.8 Å². The van der Waals surface area contributed by atoms with E-state index in [0.29, 0.717) is 18.5 Å². The minimum atomic E-state index is -2.70. The van der Waals surface area contributed by atoms with Crippen LogP contribution in [0.5, 0.6) is 5.75 Å². The lowest BCUT2D eigenvalue weighted by molar-refractivity contribution is -0.127. The number of carbonyl (C=O) groups is 1. The molecule has 1 aromatic carbocycles. The molecular formula is C21H26F4N4O2. The number of hydrogen-bond donors (Lipinski definition) is 3. The van der Waals surface area contributed by atoms with Gasteiger partial charge in [-0.2, -0.15) is 4.39 Å². The average Bonchev–Trinajstić information content (AvgIpc) is 2.70. The van der Waals surface area contributed by atoms with Crippen LogP contribution >= 0.6 is 0 Å². The smallest absolute Gasteiger partial charge is 0.248 e. The van der Waals surface area contributed by atoms with Crippen LogP contribution in [-0.2, 0) is 4.79 Å². The monoisotopic (exact) mass is 442 g/mol. The Bertz CT molecular complexity index is 865. The molecule has 0 radical (unpaired) electrons. The molecule has 170 valence electrons. The molecule has 2 aromatic rings. The Kier molecular flexibility index (Phi) is 10.4. The molecule has 1 fully saturated rings. The number of aryl methyl sites for hydroxylation is 1. The van der Waals surface area contributed by atoms with Gasteiger partial charge in [-0.05, 0) is 44.0 Å². The van der Waals surface area contributed by atoms with Gasteiger partial charge < -0.3 is 15.8 Å². The standard InChI is InChI=1S/C13H16F2N2O.C7H6F2O.CH4N2/c1-9-7-11(4-6-16-9)17-12(18)10-3-2-5-13(14,15)8-10;1-10-6-4-2-3-5(8)7(6)9;2-1-3/h4,6-7,10H,2-3,5,8H2,1H3,(H,16,17,18);2-4H,1H3;1H,(H3,2,3). The Balaban J connectivity index is 0.000000311. The summed E-state index contributed by atoms with van der Waals surface area (Å²) in [5.41, 5.74) is 5.78. The zero-order valence-electron chi connectivity index (χ0n) is 17.3. The van der Waals surface area contributed by atoms with E-state index in [1.54, 1.807) is 18.3 Å². The first-order valence-electron chi connectivity index (χ1n) is 9.43. The SMILES string of the molecule is COc1cccc(F)c1F.Cc1cc(NC(=O)C2CCCC(F)(F)C2)ccn1.N=CN. The minimum Gasteiger partial charge on any atom is -0.494 e. The molecule has 0 spiro atoms. The molecule has 6 nitrogen and oxygen atoms in total. The van der Waals surface area contributed by atoms with Gasteiger partial charge in [0.1, 0.15) is 0 Å². The number of ether oxygens (including phenoxy) is 1. The number of anilines is 1. The second kappa shape index (κ2) is 12.5. The van der Waals surface area contributed by atoms with E-state index in [1.165, 1.54) is 19.2 Å². The maximum Gasteiger partial charge on any atom is 0.248 e. The van der Waals surface area contributed by atoms with Crippen LogP contribution in [0.2, 0.25) is 0 Å². The van der Waals surface area contributed by atoms with E-state index >= 15 is 0 Å². The summed E-state index contributed by atoms with van der Waals surface area (Å²) >= 11 is 0. The number of aromatic nitrogens is 1. The van der Waals surface area contributed by atoms with E-state index < -0.39 is 23.5 Å². The summed E-state index contributed by atoms with van der Waals surface area (Å²) in [7, 11) is 1.29. The highest BCUT2D eigenvalue weighted by atomic mass is 19.3. The number of pyridine rings is 1. The van der Waals surface area contributed by atoms with Gasteiger partial charge in [0, 0.05) is 36.3 Å². The van der Waals surface area contributed by atoms with Gasteiger partial charge in [0.15, 0.2) is 11.6 Å². The summed E-state index contributed by atoms with van der Waals surface area (Å²) in [6.07, 6.45) is 2.82. The summed E-state index contributed by atoms with van der Waals surface area (Å²) in [5, 5.41) is 8.54. The van der Waals surface area contributed by atoms with Crippen LogP contribution in [0, 0.1) is 29.9 Å². The zero-order valence-corrected chi connectivity index (χ0v) is 17.3. The third kappa shape index (κ3) is 9.02. The van der Waals surface area contributed by atoms with E-state index in [1.807, 2.05) is 6.92 Å². The van der Waals surface area contributed by atoms with Crippen LogP contribution in [0.3, 0.4) is 0 Å². The van der Waals surface area contributed by atoms with Crippen molar-refractivity contribution in [2.75, 3.05) is 12.4 Å². The predicted octanol–water partition coefficient (Wildman–Crippen LogP) is 4.68. The lowest BCUT2D eigenvalue weighted by Gasteiger charge is -2.27. The number of amides is 1. The van der Waals surface area contributed by atoms with Crippen LogP contribution in [0.25, 0.3) is 0 Å². The van der Waals surface area contributed by atoms with Crippen molar-refractivity contribution < 1.29 is 27.1 Å². The molecule has 0 saturated heterocycles. The second-order valence-electron chi connectivity index (χ2n) is 6.75. The van der Waals surface area contributed by atoms with Gasteiger partial charge in [0.05, 0.1) is 13.4 Å². The van der Waals surface area contributed by atoms with E-state index in [2.05, 4.69) is 20.8 Å². The summed E-state index contributed by atoms with van der Waals surface area (Å²) in [4.78, 5) is 15.9. The normalized spacial score (nSPS) is 16.5. The number of carbonyl (C=O) groups excluding carboxylic acids is 1. The molecule has 1 amide bonds. The fourth-order valence-electron chi connectivity index (χ4n) is 2.90. The van der Waals surface area contributed by atoms with Gasteiger partial charge in [-0.1, -0.05) is 6.07 Å². The van der Waals surface area contributed by atoms with Crippen molar-refractivity contribution in [3.8, 4) is 5.75 Å². The first-order chi connectivity index (χ1) is 14.6. The number of nitrogens with one attached hydrogen (secondary N) is 2. The molecule has 1 aliphatic carbocycles. The molecule has 1 saturated carbocycles. The van der Waals surface area contributed by atoms with Gasteiger partial charge >= 0.3 is 0 Å². The highest BCUT2D eigenvalue weighted by Crippen LogP contribution is 2.37. The number of benzene rings is 1. The third-order valence-electron chi connectivity index (χ3n) is 4.31. The lowest BCUT2D eigenvalue weighted by Crippen LogP contribution is -2.33. The first-order valence-corrected chi connectivity index (χ1v) is 9.43. The van der Waals surface area contributed by atoms with Crippen molar-refractivity contribution >= 4 is 17.9 Å². The number of nitrogens with zero attached hydrogens (tertiary/aromatic N) is 1. The van der Waals surface area contributed by atoms with E-state index in [-0.39, 0.29) is 24.5 Å². The molecule has 1 unspecified atom stereocenters. The average molecular weight is 442 g/mol. The largest absolute Gasteiger partial charge is 0.494 e. The highest BCUT2D eigenvalue weighted by molar-refractivity contribution is 5.92. The van der Waals surface area contributed by atoms with Crippen LogP contribution in [0.15, 0.2) is 36.5 Å². The quantitative estimate of drug-likeness (QED) is 0.365. The van der Waals surface area contributed by atoms with Gasteiger partial charge in [-0.15, -0.1) is 0 Å². The fraction of sp³-hybridized carbons (Fsp3) is 0.381. The molecule has 1 heterocycles. The number of nitrogens with two attached hydrogens (primary N) is 1. The molecule has 0 aliphatic heterocycles. The van der Waals surface area contributed by atoms with Gasteiger partial charge in [-0.25, -0.2) is 13.2 Å². The molecule has 10 heteroatoms. The topological polar surface area (TPSA) is 101 Å². The Morgan fingerprint density at radius 2 is 2.03 bits per heavy atom. The molecule has 31 heavy (non-hydrogen) atoms. The van der Waals surface area contributed by atoms with Crippen molar-refractivity contribution in [1.82, 2.24) is 4.98 Å². The number of hydrogen-bond acceptors (Lipinski definition) is 4. The predicted molar refractivity (Wildman–Crippen MR) is 110 cm³/mol. The number of methoxy groups -OCH3 is 1. The van der Waals surface area contributed by atoms with Gasteiger partial charge in [-0.3, -0.25) is 15.2 Å². The van der Waals surface area contributed by atoms with E-state index in [0.717, 1.165) is 18.1 Å². The third-order valence-corrected chi connectivity index (χ3v) is 4.31. The number of alkyl halides is 2. The molecule has 1 aromatic heterocycles. The number of rotatable bonds is 3. The minimum absolute atomic E-state index is 0.0694. The lowest BCUT2D eigenvalue weighted by atomic mass is 9.86. The van der Waals surface area contributed by atoms with Crippen LogP contribution in [0.1, 0.15) is 31.4 Å². The Morgan fingerprint density at radius 1 is 1.35 bits per heavy atom. The summed E-state index contributed by atoms with van der Waals surface area (Å²) in [6.45, 7) is 1.81. The molecule has 0 bridgehead atoms. The Hall–Kier alpha value is -3.17. The van der Waals surface area contributed by atoms with Crippen molar-refractivity contribution in [3.05, 3.63) is 53.9 Å². The van der Waals surface area contributed by atoms with Crippen molar-refractivity contribution in [2.24, 2.45) is 11.7 Å². The van der Waals surface area contributed by atoms with Crippen LogP contribution in [0.4, 0.5) is 23.2 Å². The van der Waals surface area contributed by atoms with E-state index in [4.69, 9.17) is 5.41 Å². The molecular weight excluding hydrogens is 416 g/mol. The van der Waals surface area contributed by atoms with E-state index in [9.17, 15) is 22.4 Å². The van der Waals surface area contributed by atoms with Crippen molar-refractivity contribution in [1.29, 1.82) is 5.41 Å².